The number of aromatic amines is 1. The summed E-state index contributed by atoms with van der Waals surface area (Å²) in [6.07, 6.45) is 0. The number of hydrogen-bond donors (Lipinski definition) is 2. The highest BCUT2D eigenvalue weighted by Gasteiger charge is 2.12. The van der Waals surface area contributed by atoms with E-state index in [0.29, 0.717) is 17.4 Å². The zero-order valence-corrected chi connectivity index (χ0v) is 12.6. The van der Waals surface area contributed by atoms with Gasteiger partial charge < -0.3 is 5.73 Å². The third-order valence-corrected chi connectivity index (χ3v) is 4.22. The number of rotatable bonds is 3. The molecule has 0 saturated carbocycles. The van der Waals surface area contributed by atoms with Crippen molar-refractivity contribution in [2.75, 3.05) is 5.73 Å². The molecule has 0 spiro atoms. The molecule has 2 heterocycles. The van der Waals surface area contributed by atoms with E-state index in [2.05, 4.69) is 15.2 Å². The molecular formula is C14H15N5OS. The molecule has 0 saturated heterocycles. The molecule has 0 aliphatic carbocycles. The predicted octanol–water partition coefficient (Wildman–Crippen LogP) is 2.18. The van der Waals surface area contributed by atoms with E-state index < -0.39 is 0 Å². The van der Waals surface area contributed by atoms with Crippen molar-refractivity contribution in [3.05, 3.63) is 40.4 Å². The molecule has 0 amide bonds. The van der Waals surface area contributed by atoms with Crippen LogP contribution in [0.2, 0.25) is 0 Å². The molecule has 2 aromatic heterocycles. The first-order valence-electron chi connectivity index (χ1n) is 6.58. The van der Waals surface area contributed by atoms with Crippen LogP contribution in [-0.4, -0.2) is 19.7 Å². The van der Waals surface area contributed by atoms with Gasteiger partial charge in [-0.2, -0.15) is 0 Å². The fourth-order valence-electron chi connectivity index (χ4n) is 2.18. The van der Waals surface area contributed by atoms with Gasteiger partial charge in [-0.3, -0.25) is 9.55 Å². The lowest BCUT2D eigenvalue weighted by atomic mass is 10.2. The van der Waals surface area contributed by atoms with Crippen molar-refractivity contribution in [2.45, 2.75) is 30.4 Å². The molecule has 1 aromatic carbocycles. The van der Waals surface area contributed by atoms with Gasteiger partial charge in [-0.25, -0.2) is 9.89 Å². The first-order valence-corrected chi connectivity index (χ1v) is 7.40. The summed E-state index contributed by atoms with van der Waals surface area (Å²) in [5.41, 5.74) is 8.15. The second-order valence-corrected chi connectivity index (χ2v) is 5.71. The maximum Gasteiger partial charge on any atom is 0.343 e. The average molecular weight is 301 g/mol. The summed E-state index contributed by atoms with van der Waals surface area (Å²) < 4.78 is 1.60. The van der Waals surface area contributed by atoms with Crippen LogP contribution in [0.1, 0.15) is 12.6 Å². The molecule has 0 bridgehead atoms. The lowest BCUT2D eigenvalue weighted by Crippen LogP contribution is -2.16. The second kappa shape index (κ2) is 5.25. The van der Waals surface area contributed by atoms with E-state index >= 15 is 0 Å². The van der Waals surface area contributed by atoms with Crippen LogP contribution in [0.3, 0.4) is 0 Å². The Hall–Kier alpha value is -2.28. The van der Waals surface area contributed by atoms with Crippen LogP contribution in [0, 0.1) is 6.92 Å². The Morgan fingerprint density at radius 2 is 2.19 bits per heavy atom. The van der Waals surface area contributed by atoms with Crippen LogP contribution in [0.25, 0.3) is 10.9 Å². The van der Waals surface area contributed by atoms with E-state index in [1.807, 2.05) is 38.1 Å². The number of nitrogens with zero attached hydrogens (tertiary/aromatic N) is 3. The van der Waals surface area contributed by atoms with Crippen molar-refractivity contribution in [2.24, 2.45) is 0 Å². The Bertz CT molecular complexity index is 867. The largest absolute Gasteiger partial charge is 0.399 e. The maximum atomic E-state index is 11.6. The third-order valence-electron chi connectivity index (χ3n) is 3.16. The zero-order valence-electron chi connectivity index (χ0n) is 11.8. The van der Waals surface area contributed by atoms with Gasteiger partial charge in [-0.05, 0) is 49.9 Å². The van der Waals surface area contributed by atoms with Crippen molar-refractivity contribution in [3.8, 4) is 0 Å². The number of pyridine rings is 1. The van der Waals surface area contributed by atoms with Gasteiger partial charge in [0, 0.05) is 28.2 Å². The van der Waals surface area contributed by atoms with Crippen LogP contribution in [0.5, 0.6) is 0 Å². The molecule has 3 rings (SSSR count). The van der Waals surface area contributed by atoms with E-state index in [-0.39, 0.29) is 5.69 Å². The molecule has 21 heavy (non-hydrogen) atoms. The lowest BCUT2D eigenvalue weighted by molar-refractivity contribution is 0.660. The van der Waals surface area contributed by atoms with Crippen LogP contribution in [0.15, 0.2) is 39.1 Å². The Labute approximate surface area is 125 Å². The number of nitrogen functional groups attached to an aromatic ring is 1. The van der Waals surface area contributed by atoms with E-state index in [0.717, 1.165) is 21.5 Å². The standard InChI is InChI=1S/C14H15N5OS/c1-3-19-13(20)17-18-14(19)21-12-6-8(2)16-11-5-4-9(15)7-10(11)12/h4-7H,3,15H2,1-2H3,(H,17,20). The summed E-state index contributed by atoms with van der Waals surface area (Å²) in [6, 6.07) is 7.61. The van der Waals surface area contributed by atoms with Crippen LogP contribution >= 0.6 is 11.8 Å². The molecule has 0 unspecified atom stereocenters. The average Bonchev–Trinajstić information content (AvgIpc) is 2.79. The first-order chi connectivity index (χ1) is 10.1. The summed E-state index contributed by atoms with van der Waals surface area (Å²) in [5, 5.41) is 8.15. The van der Waals surface area contributed by atoms with Gasteiger partial charge >= 0.3 is 5.69 Å². The quantitative estimate of drug-likeness (QED) is 0.724. The van der Waals surface area contributed by atoms with Crippen molar-refractivity contribution < 1.29 is 0 Å². The topological polar surface area (TPSA) is 89.6 Å². The summed E-state index contributed by atoms with van der Waals surface area (Å²) in [5.74, 6) is 0. The number of nitrogens with two attached hydrogens (primary N) is 1. The van der Waals surface area contributed by atoms with E-state index in [4.69, 9.17) is 5.73 Å². The van der Waals surface area contributed by atoms with Crippen LogP contribution in [-0.2, 0) is 6.54 Å². The molecule has 0 aliphatic rings. The summed E-state index contributed by atoms with van der Waals surface area (Å²) >= 11 is 1.44. The van der Waals surface area contributed by atoms with E-state index in [9.17, 15) is 4.79 Å². The normalized spacial score (nSPS) is 11.1. The molecule has 108 valence electrons. The number of fused-ring (bicyclic) bond motifs is 1. The van der Waals surface area contributed by atoms with Gasteiger partial charge in [0.2, 0.25) is 0 Å². The first kappa shape index (κ1) is 13.7. The number of H-pyrrole nitrogens is 1. The van der Waals surface area contributed by atoms with E-state index in [1.165, 1.54) is 11.8 Å². The van der Waals surface area contributed by atoms with Gasteiger partial charge in [-0.15, -0.1) is 5.10 Å². The van der Waals surface area contributed by atoms with Gasteiger partial charge in [0.15, 0.2) is 5.16 Å². The molecule has 0 aliphatic heterocycles. The molecule has 7 heteroatoms. The second-order valence-electron chi connectivity index (χ2n) is 4.70. The van der Waals surface area contributed by atoms with Crippen molar-refractivity contribution >= 4 is 28.4 Å². The minimum atomic E-state index is -0.199. The smallest absolute Gasteiger partial charge is 0.343 e. The molecule has 3 aromatic rings. The van der Waals surface area contributed by atoms with Crippen molar-refractivity contribution in [1.29, 1.82) is 0 Å². The fourth-order valence-corrected chi connectivity index (χ4v) is 3.29. The minimum Gasteiger partial charge on any atom is -0.399 e. The molecule has 0 fully saturated rings. The Balaban J connectivity index is 2.15. The Morgan fingerprint density at radius 3 is 2.95 bits per heavy atom. The molecular weight excluding hydrogens is 286 g/mol. The van der Waals surface area contributed by atoms with Gasteiger partial charge in [0.1, 0.15) is 0 Å². The number of benzene rings is 1. The fraction of sp³-hybridized carbons (Fsp3) is 0.214. The monoisotopic (exact) mass is 301 g/mol. The number of nitrogens with one attached hydrogen (secondary N) is 1. The number of aromatic nitrogens is 4. The maximum absolute atomic E-state index is 11.6. The summed E-state index contributed by atoms with van der Waals surface area (Å²) in [4.78, 5) is 17.1. The lowest BCUT2D eigenvalue weighted by Gasteiger charge is -2.08. The zero-order chi connectivity index (χ0) is 15.0. The Kier molecular flexibility index (Phi) is 3.42. The van der Waals surface area contributed by atoms with Crippen LogP contribution < -0.4 is 11.4 Å². The summed E-state index contributed by atoms with van der Waals surface area (Å²) in [7, 11) is 0. The van der Waals surface area contributed by atoms with Gasteiger partial charge in [-0.1, -0.05) is 0 Å². The highest BCUT2D eigenvalue weighted by atomic mass is 32.2. The SMILES string of the molecule is CCn1c(Sc2cc(C)nc3ccc(N)cc23)n[nH]c1=O. The number of aryl methyl sites for hydroxylation is 1. The van der Waals surface area contributed by atoms with E-state index in [1.54, 1.807) is 4.57 Å². The van der Waals surface area contributed by atoms with Crippen molar-refractivity contribution in [3.63, 3.8) is 0 Å². The van der Waals surface area contributed by atoms with Crippen LogP contribution in [0.4, 0.5) is 5.69 Å². The molecule has 3 N–H and O–H groups in total. The third kappa shape index (κ3) is 2.52. The van der Waals surface area contributed by atoms with Gasteiger partial charge in [0.05, 0.1) is 5.52 Å². The molecule has 0 radical (unpaired) electrons. The minimum absolute atomic E-state index is 0.199. The number of anilines is 1. The summed E-state index contributed by atoms with van der Waals surface area (Å²) in [6.45, 7) is 4.42. The highest BCUT2D eigenvalue weighted by molar-refractivity contribution is 7.99. The predicted molar refractivity (Wildman–Crippen MR) is 83.5 cm³/mol. The molecule has 6 nitrogen and oxygen atoms in total. The molecule has 0 atom stereocenters. The number of hydrogen-bond acceptors (Lipinski definition) is 5. The van der Waals surface area contributed by atoms with Gasteiger partial charge in [0.25, 0.3) is 0 Å². The highest BCUT2D eigenvalue weighted by Crippen LogP contribution is 2.32. The Morgan fingerprint density at radius 1 is 1.38 bits per heavy atom. The van der Waals surface area contributed by atoms with Crippen molar-refractivity contribution in [1.82, 2.24) is 19.7 Å².